The van der Waals surface area contributed by atoms with E-state index in [1.54, 1.807) is 5.57 Å². The van der Waals surface area contributed by atoms with E-state index < -0.39 is 0 Å². The SMILES string of the molecule is CC(C)C1C=CC(N)C2CNCC12.CC1C=CC(N)C2CNCC12.CNC1C=C(C)CC2CNCC21.CNC1C=CC(C(C)C)C2CNCC12.CNC1C=CC(C)C2CNCC12.CNC1C=CCC2CNCC21.CNCC1C=CCC2CNCC12.NC1C=CC(C2CC2)C2CNCC12.NC1C=CCC2CNCC12. The van der Waals surface area contributed by atoms with Crippen LogP contribution in [0.5, 0.6) is 0 Å². The molecule has 0 bridgehead atoms. The van der Waals surface area contributed by atoms with Crippen LogP contribution in [-0.4, -0.2) is 208 Å². The fraction of sp³-hybridized carbons (Fsp3) is 0.800. The van der Waals surface area contributed by atoms with Gasteiger partial charge in [0.15, 0.2) is 0 Å². The van der Waals surface area contributed by atoms with E-state index in [4.69, 9.17) is 22.9 Å². The van der Waals surface area contributed by atoms with Gasteiger partial charge in [0.25, 0.3) is 0 Å². The van der Waals surface area contributed by atoms with Crippen LogP contribution in [0.3, 0.4) is 0 Å². The Kier molecular flexibility index (Phi) is 33.8. The first-order valence-corrected chi connectivity index (χ1v) is 44.2. The fourth-order valence-corrected chi connectivity index (χ4v) is 23.3. The summed E-state index contributed by atoms with van der Waals surface area (Å²) in [6.45, 7) is 38.5. The van der Waals surface area contributed by atoms with Crippen molar-refractivity contribution in [1.29, 1.82) is 0 Å². The minimum Gasteiger partial charge on any atom is -0.324 e. The molecule has 10 fully saturated rings. The number of nitrogens with one attached hydrogen (secondary N) is 14. The maximum Gasteiger partial charge on any atom is 0.0293 e. The Bertz CT molecular complexity index is 2880. The lowest BCUT2D eigenvalue weighted by Crippen LogP contribution is -2.42. The summed E-state index contributed by atoms with van der Waals surface area (Å²) in [7, 11) is 10.3. The highest BCUT2D eigenvalue weighted by Crippen LogP contribution is 2.47. The minimum absolute atomic E-state index is 0.287. The van der Waals surface area contributed by atoms with E-state index in [1.165, 1.54) is 117 Å². The lowest BCUT2D eigenvalue weighted by molar-refractivity contribution is 0.226. The molecule has 0 aromatic heterocycles. The number of fused-ring (bicyclic) bond motifs is 9. The zero-order chi connectivity index (χ0) is 76.4. The van der Waals surface area contributed by atoms with Crippen LogP contribution in [0, 0.1) is 160 Å². The largest absolute Gasteiger partial charge is 0.324 e. The number of hydrogen-bond donors (Lipinski definition) is 18. The van der Waals surface area contributed by atoms with Crippen molar-refractivity contribution in [1.82, 2.24) is 74.4 Å². The normalized spacial score (nSPS) is 44.3. The van der Waals surface area contributed by atoms with Crippen molar-refractivity contribution in [2.24, 2.45) is 183 Å². The summed E-state index contributed by atoms with van der Waals surface area (Å²) in [5.41, 5.74) is 25.5. The second kappa shape index (κ2) is 42.5. The van der Waals surface area contributed by atoms with Gasteiger partial charge in [-0.3, -0.25) is 0 Å². The third-order valence-electron chi connectivity index (χ3n) is 30.2. The Morgan fingerprint density at radius 3 is 1.24 bits per heavy atom. The maximum absolute atomic E-state index is 6.08. The molecule has 19 aliphatic rings. The summed E-state index contributed by atoms with van der Waals surface area (Å²) in [5.74, 6) is 21.7. The van der Waals surface area contributed by atoms with Gasteiger partial charge < -0.3 is 97.4 Å². The van der Waals surface area contributed by atoms with Crippen LogP contribution in [-0.2, 0) is 0 Å². The predicted octanol–water partition coefficient (Wildman–Crippen LogP) is 5.82. The van der Waals surface area contributed by atoms with E-state index >= 15 is 0 Å². The molecule has 0 radical (unpaired) electrons. The smallest absolute Gasteiger partial charge is 0.0293 e. The summed E-state index contributed by atoms with van der Waals surface area (Å²) < 4.78 is 0. The molecule has 9 heterocycles. The second-order valence-corrected chi connectivity index (χ2v) is 37.5. The number of allylic oxidation sites excluding steroid dienone is 9. The average molecular weight is 1490 g/mol. The van der Waals surface area contributed by atoms with Gasteiger partial charge in [-0.25, -0.2) is 0 Å². The van der Waals surface area contributed by atoms with Crippen molar-refractivity contribution >= 4 is 0 Å². The van der Waals surface area contributed by atoms with E-state index in [0.717, 1.165) is 188 Å². The number of hydrogen-bond acceptors (Lipinski definition) is 18. The van der Waals surface area contributed by atoms with Gasteiger partial charge in [0.2, 0.25) is 0 Å². The van der Waals surface area contributed by atoms with Crippen molar-refractivity contribution in [2.45, 2.75) is 135 Å². The minimum atomic E-state index is 0.287. The highest BCUT2D eigenvalue weighted by Gasteiger charge is 2.46. The van der Waals surface area contributed by atoms with Crippen molar-refractivity contribution in [3.63, 3.8) is 0 Å². The molecule has 108 heavy (non-hydrogen) atoms. The van der Waals surface area contributed by atoms with Gasteiger partial charge in [0, 0.05) is 107 Å². The van der Waals surface area contributed by atoms with Gasteiger partial charge >= 0.3 is 0 Å². The molecule has 9 saturated heterocycles. The van der Waals surface area contributed by atoms with E-state index in [1.807, 2.05) is 7.05 Å². The van der Waals surface area contributed by atoms with Gasteiger partial charge in [-0.05, 0) is 306 Å². The maximum atomic E-state index is 6.08. The third kappa shape index (κ3) is 22.1. The molecule has 0 spiro atoms. The number of nitrogens with two attached hydrogens (primary N) is 4. The molecule has 9 aliphatic heterocycles. The number of rotatable bonds is 9. The molecule has 32 unspecified atom stereocenters. The standard InChI is InChI=1S/C12H22N2.C11H18N2.C11H20N2.3C10H18N2.2C9H16N2.C8H14N2/c1-8(2)9-4-5-12(13-3)11-7-14-6-10(9)11;12-11-4-3-8(7-1-2-7)9-5-13-6-10(9)11;1-7(2)8-3-4-11(12)10-6-13-5-9(8)10;1-7-3-8-5-12-6-9(8)10(4-7)11-2;1-7-3-4-10(11-2)9-6-12-5-8(7)9;1-11-5-8-3-2-4-9-6-12-7-10(8)9;1-6-2-3-9(10)8-5-11-4-7(6)8;1-10-9-4-2-3-7-5-11-6-8(7)9;9-8-3-1-2-6-4-10-5-7(6)8/h4-5,8-14H,6-7H2,1-3H3;3-4,7-11,13H,1-2,5-6,12H2;3-4,7-11,13H,5-6,12H2,1-2H3;4,8-12H,3,5-6H2,1-2H3;3-4,7-12H,5-6H2,1-2H3;2-3,8-12H,4-7H2,1H3;2-3,6-9,11H,4-5,10H2,1H3;2,4,7-11H,3,5-6H2,1H3;1,3,6-8,10H,2,4-5,9H2. The molecule has 1 saturated carbocycles. The van der Waals surface area contributed by atoms with Gasteiger partial charge in [-0.15, -0.1) is 0 Å². The first-order valence-electron chi connectivity index (χ1n) is 44.2. The quantitative estimate of drug-likeness (QED) is 0.121. The molecule has 18 nitrogen and oxygen atoms in total. The van der Waals surface area contributed by atoms with Crippen molar-refractivity contribution in [3.8, 4) is 0 Å². The Morgan fingerprint density at radius 2 is 0.694 bits per heavy atom. The van der Waals surface area contributed by atoms with E-state index in [2.05, 4.69) is 254 Å². The van der Waals surface area contributed by atoms with Gasteiger partial charge in [-0.2, -0.15) is 0 Å². The summed E-state index contributed by atoms with van der Waals surface area (Å²) in [6, 6.07) is 3.62. The van der Waals surface area contributed by atoms with Gasteiger partial charge in [-0.1, -0.05) is 150 Å². The monoisotopic (exact) mass is 1490 g/mol. The van der Waals surface area contributed by atoms with Crippen molar-refractivity contribution < 1.29 is 0 Å². The van der Waals surface area contributed by atoms with Crippen LogP contribution in [0.25, 0.3) is 0 Å². The van der Waals surface area contributed by atoms with Gasteiger partial charge in [0.1, 0.15) is 0 Å². The van der Waals surface area contributed by atoms with Crippen LogP contribution in [0.4, 0.5) is 0 Å². The summed E-state index contributed by atoms with van der Waals surface area (Å²) in [5, 5.41) is 47.9. The highest BCUT2D eigenvalue weighted by molar-refractivity contribution is 5.19. The van der Waals surface area contributed by atoms with E-state index in [-0.39, 0.29) is 6.04 Å². The van der Waals surface area contributed by atoms with Gasteiger partial charge in [0.05, 0.1) is 0 Å². The van der Waals surface area contributed by atoms with Crippen LogP contribution in [0.1, 0.15) is 87.0 Å². The molecule has 22 N–H and O–H groups in total. The van der Waals surface area contributed by atoms with Crippen molar-refractivity contribution in [3.05, 3.63) is 109 Å². The lowest BCUT2D eigenvalue weighted by Gasteiger charge is -2.36. The van der Waals surface area contributed by atoms with Crippen LogP contribution < -0.4 is 97.4 Å². The molecule has 18 heteroatoms. The lowest BCUT2D eigenvalue weighted by atomic mass is 9.71. The number of likely N-dealkylation sites (N-methyl/N-ethyl adjacent to an activating group) is 4. The van der Waals surface area contributed by atoms with Crippen LogP contribution >= 0.6 is 0 Å². The fourth-order valence-electron chi connectivity index (χ4n) is 23.3. The zero-order valence-corrected chi connectivity index (χ0v) is 69.5. The topological polar surface area (TPSA) is 272 Å². The molecule has 0 amide bonds. The van der Waals surface area contributed by atoms with Crippen molar-refractivity contribution in [2.75, 3.05) is 160 Å². The van der Waals surface area contributed by atoms with E-state index in [9.17, 15) is 0 Å². The van der Waals surface area contributed by atoms with Crippen LogP contribution in [0.15, 0.2) is 109 Å². The summed E-state index contributed by atoms with van der Waals surface area (Å²) >= 11 is 0. The first-order chi connectivity index (χ1) is 52.4. The third-order valence-corrected chi connectivity index (χ3v) is 30.2. The first kappa shape index (κ1) is 85.8. The Hall–Kier alpha value is -3.06. The molecule has 10 aliphatic carbocycles. The Labute approximate surface area is 657 Å². The predicted molar refractivity (Wildman–Crippen MR) is 456 cm³/mol. The van der Waals surface area contributed by atoms with E-state index in [0.29, 0.717) is 60.0 Å². The molecular formula is C90H160N18. The molecular weight excluding hydrogens is 1330 g/mol. The van der Waals surface area contributed by atoms with Crippen LogP contribution in [0.2, 0.25) is 0 Å². The molecule has 0 aromatic carbocycles. The molecule has 32 atom stereocenters. The second-order valence-electron chi connectivity index (χ2n) is 37.5. The zero-order valence-electron chi connectivity index (χ0n) is 69.5. The molecule has 610 valence electrons. The molecule has 19 rings (SSSR count). The summed E-state index contributed by atoms with van der Waals surface area (Å²) in [4.78, 5) is 0. The highest BCUT2D eigenvalue weighted by atomic mass is 15.0. The Balaban J connectivity index is 0.000000121. The average Bonchev–Trinajstić information content (AvgIpc) is 1.63. The molecule has 0 aromatic rings. The Morgan fingerprint density at radius 1 is 0.333 bits per heavy atom. The summed E-state index contributed by atoms with van der Waals surface area (Å²) in [6.07, 6.45) is 47.3.